The fourth-order valence-electron chi connectivity index (χ4n) is 1.21. The van der Waals surface area contributed by atoms with Crippen molar-refractivity contribution in [2.24, 2.45) is 0 Å². The minimum atomic E-state index is 1.00. The van der Waals surface area contributed by atoms with E-state index in [0.29, 0.717) is 0 Å². The van der Waals surface area contributed by atoms with Crippen LogP contribution in [-0.2, 0) is 6.42 Å². The predicted molar refractivity (Wildman–Crippen MR) is 50.7 cm³/mol. The summed E-state index contributed by atoms with van der Waals surface area (Å²) in [5, 5.41) is 8.10. The van der Waals surface area contributed by atoms with Crippen molar-refractivity contribution in [3.8, 4) is 5.69 Å². The van der Waals surface area contributed by atoms with Crippen LogP contribution >= 0.6 is 0 Å². The topological polar surface area (TPSA) is 30.7 Å². The minimum absolute atomic E-state index is 1.00. The van der Waals surface area contributed by atoms with Crippen molar-refractivity contribution in [1.82, 2.24) is 15.0 Å². The lowest BCUT2D eigenvalue weighted by Crippen LogP contribution is -1.97. The van der Waals surface area contributed by atoms with Gasteiger partial charge in [-0.25, -0.2) is 0 Å². The SMILES string of the molecule is CCc1ccc(-n2nccn2)cc1. The van der Waals surface area contributed by atoms with Crippen LogP contribution in [0.5, 0.6) is 0 Å². The third kappa shape index (κ3) is 1.59. The van der Waals surface area contributed by atoms with Gasteiger partial charge in [-0.3, -0.25) is 0 Å². The number of hydrogen-bond donors (Lipinski definition) is 0. The van der Waals surface area contributed by atoms with Crippen molar-refractivity contribution < 1.29 is 0 Å². The predicted octanol–water partition coefficient (Wildman–Crippen LogP) is 1.83. The van der Waals surface area contributed by atoms with E-state index >= 15 is 0 Å². The van der Waals surface area contributed by atoms with Crippen molar-refractivity contribution in [1.29, 1.82) is 0 Å². The second-order valence-corrected chi connectivity index (χ2v) is 2.84. The second kappa shape index (κ2) is 3.39. The zero-order chi connectivity index (χ0) is 9.10. The van der Waals surface area contributed by atoms with Gasteiger partial charge >= 0.3 is 0 Å². The molecule has 0 aliphatic carbocycles. The number of aromatic nitrogens is 3. The van der Waals surface area contributed by atoms with E-state index in [1.807, 2.05) is 12.1 Å². The first kappa shape index (κ1) is 7.98. The van der Waals surface area contributed by atoms with E-state index in [-0.39, 0.29) is 0 Å². The van der Waals surface area contributed by atoms with E-state index in [9.17, 15) is 0 Å². The molecule has 13 heavy (non-hydrogen) atoms. The third-order valence-electron chi connectivity index (χ3n) is 1.99. The Kier molecular flexibility index (Phi) is 2.08. The van der Waals surface area contributed by atoms with Crippen LogP contribution in [0.3, 0.4) is 0 Å². The molecule has 2 rings (SSSR count). The molecule has 0 bridgehead atoms. The Balaban J connectivity index is 2.33. The average Bonchev–Trinajstić information content (AvgIpc) is 2.71. The van der Waals surface area contributed by atoms with Crippen LogP contribution in [-0.4, -0.2) is 15.0 Å². The molecule has 3 nitrogen and oxygen atoms in total. The van der Waals surface area contributed by atoms with E-state index in [1.54, 1.807) is 17.2 Å². The second-order valence-electron chi connectivity index (χ2n) is 2.84. The first-order valence-corrected chi connectivity index (χ1v) is 4.36. The maximum absolute atomic E-state index is 4.05. The summed E-state index contributed by atoms with van der Waals surface area (Å²) in [6, 6.07) is 8.25. The molecule has 0 aliphatic rings. The molecule has 3 heteroatoms. The number of hydrogen-bond acceptors (Lipinski definition) is 2. The molecular formula is C10H11N3. The summed E-state index contributed by atoms with van der Waals surface area (Å²) in [5.74, 6) is 0. The lowest BCUT2D eigenvalue weighted by molar-refractivity contribution is 0.751. The number of benzene rings is 1. The molecule has 0 radical (unpaired) electrons. The Bertz CT molecular complexity index is 362. The highest BCUT2D eigenvalue weighted by Crippen LogP contribution is 2.07. The molecule has 0 saturated carbocycles. The van der Waals surface area contributed by atoms with E-state index in [1.165, 1.54) is 5.56 Å². The zero-order valence-corrected chi connectivity index (χ0v) is 7.51. The summed E-state index contributed by atoms with van der Waals surface area (Å²) in [4.78, 5) is 1.61. The van der Waals surface area contributed by atoms with Crippen molar-refractivity contribution in [2.45, 2.75) is 13.3 Å². The van der Waals surface area contributed by atoms with Crippen molar-refractivity contribution in [3.05, 3.63) is 42.2 Å². The van der Waals surface area contributed by atoms with Gasteiger partial charge in [0.2, 0.25) is 0 Å². The van der Waals surface area contributed by atoms with Crippen LogP contribution in [0.25, 0.3) is 5.69 Å². The van der Waals surface area contributed by atoms with Crippen LogP contribution in [0.4, 0.5) is 0 Å². The van der Waals surface area contributed by atoms with Crippen LogP contribution in [0, 0.1) is 0 Å². The zero-order valence-electron chi connectivity index (χ0n) is 7.51. The molecule has 0 unspecified atom stereocenters. The highest BCUT2D eigenvalue weighted by atomic mass is 15.5. The minimum Gasteiger partial charge on any atom is -0.157 e. The molecule has 1 heterocycles. The van der Waals surface area contributed by atoms with Crippen molar-refractivity contribution in [3.63, 3.8) is 0 Å². The van der Waals surface area contributed by atoms with Gasteiger partial charge < -0.3 is 0 Å². The van der Waals surface area contributed by atoms with E-state index in [4.69, 9.17) is 0 Å². The molecule has 1 aromatic carbocycles. The Morgan fingerprint density at radius 2 is 1.69 bits per heavy atom. The molecule has 1 aromatic heterocycles. The van der Waals surface area contributed by atoms with E-state index in [2.05, 4.69) is 29.3 Å². The number of nitrogens with zero attached hydrogens (tertiary/aromatic N) is 3. The Labute approximate surface area is 77.0 Å². The number of aryl methyl sites for hydroxylation is 1. The molecule has 0 aliphatic heterocycles. The Morgan fingerprint density at radius 1 is 1.08 bits per heavy atom. The van der Waals surface area contributed by atoms with Gasteiger partial charge in [0.25, 0.3) is 0 Å². The highest BCUT2D eigenvalue weighted by molar-refractivity contribution is 5.32. The molecule has 0 saturated heterocycles. The first-order valence-electron chi connectivity index (χ1n) is 4.36. The summed E-state index contributed by atoms with van der Waals surface area (Å²) in [7, 11) is 0. The van der Waals surface area contributed by atoms with Gasteiger partial charge in [-0.05, 0) is 24.1 Å². The van der Waals surface area contributed by atoms with Gasteiger partial charge in [-0.2, -0.15) is 15.0 Å². The molecule has 2 aromatic rings. The van der Waals surface area contributed by atoms with Crippen LogP contribution < -0.4 is 0 Å². The lowest BCUT2D eigenvalue weighted by atomic mass is 10.2. The molecule has 0 N–H and O–H groups in total. The standard InChI is InChI=1S/C10H11N3/c1-2-9-3-5-10(6-4-9)13-11-7-8-12-13/h3-8H,2H2,1H3. The van der Waals surface area contributed by atoms with Gasteiger partial charge in [0.1, 0.15) is 0 Å². The van der Waals surface area contributed by atoms with Gasteiger partial charge in [0.15, 0.2) is 0 Å². The maximum atomic E-state index is 4.05. The van der Waals surface area contributed by atoms with Crippen LogP contribution in [0.15, 0.2) is 36.7 Å². The largest absolute Gasteiger partial charge is 0.157 e. The molecule has 0 spiro atoms. The van der Waals surface area contributed by atoms with Crippen molar-refractivity contribution >= 4 is 0 Å². The average molecular weight is 173 g/mol. The summed E-state index contributed by atoms with van der Waals surface area (Å²) >= 11 is 0. The molecule has 0 fully saturated rings. The third-order valence-corrected chi connectivity index (χ3v) is 1.99. The quantitative estimate of drug-likeness (QED) is 0.693. The van der Waals surface area contributed by atoms with Crippen LogP contribution in [0.1, 0.15) is 12.5 Å². The summed E-state index contributed by atoms with van der Waals surface area (Å²) in [6.07, 6.45) is 4.41. The van der Waals surface area contributed by atoms with Gasteiger partial charge in [0, 0.05) is 0 Å². The van der Waals surface area contributed by atoms with E-state index < -0.39 is 0 Å². The maximum Gasteiger partial charge on any atom is 0.0856 e. The molecule has 66 valence electrons. The molecular weight excluding hydrogens is 162 g/mol. The summed E-state index contributed by atoms with van der Waals surface area (Å²) in [6.45, 7) is 2.14. The fraction of sp³-hybridized carbons (Fsp3) is 0.200. The normalized spacial score (nSPS) is 10.2. The highest BCUT2D eigenvalue weighted by Gasteiger charge is 1.95. The lowest BCUT2D eigenvalue weighted by Gasteiger charge is -2.00. The van der Waals surface area contributed by atoms with Crippen LogP contribution in [0.2, 0.25) is 0 Å². The Morgan fingerprint density at radius 3 is 2.23 bits per heavy atom. The Hall–Kier alpha value is -1.64. The van der Waals surface area contributed by atoms with Crippen molar-refractivity contribution in [2.75, 3.05) is 0 Å². The van der Waals surface area contributed by atoms with Gasteiger partial charge in [0.05, 0.1) is 18.1 Å². The smallest absolute Gasteiger partial charge is 0.0856 e. The molecule has 0 atom stereocenters. The van der Waals surface area contributed by atoms with Gasteiger partial charge in [-0.1, -0.05) is 19.1 Å². The summed E-state index contributed by atoms with van der Waals surface area (Å²) < 4.78 is 0. The summed E-state index contributed by atoms with van der Waals surface area (Å²) in [5.41, 5.74) is 2.33. The number of rotatable bonds is 2. The van der Waals surface area contributed by atoms with E-state index in [0.717, 1.165) is 12.1 Å². The molecule has 0 amide bonds. The van der Waals surface area contributed by atoms with Gasteiger partial charge in [-0.15, -0.1) is 0 Å². The monoisotopic (exact) mass is 173 g/mol. The fourth-order valence-corrected chi connectivity index (χ4v) is 1.21. The first-order chi connectivity index (χ1) is 6.40.